The van der Waals surface area contributed by atoms with E-state index in [-0.39, 0.29) is 33.2 Å². The molecule has 0 rings (SSSR count). The van der Waals surface area contributed by atoms with Gasteiger partial charge in [-0.15, -0.1) is 0 Å². The van der Waals surface area contributed by atoms with E-state index in [2.05, 4.69) is 6.92 Å². The van der Waals surface area contributed by atoms with Crippen molar-refractivity contribution < 1.29 is 9.90 Å². The van der Waals surface area contributed by atoms with Gasteiger partial charge in [0.2, 0.25) is 0 Å². The van der Waals surface area contributed by atoms with Crippen molar-refractivity contribution in [1.82, 2.24) is 0 Å². The Hall–Kier alpha value is 0.392. The molecule has 0 heterocycles. The van der Waals surface area contributed by atoms with Crippen LogP contribution in [0, 0.1) is 5.92 Å². The SMILES string of the molecule is CCCCCC(CCC)C(=O)O.[PbH4]. The van der Waals surface area contributed by atoms with Gasteiger partial charge in [0.25, 0.3) is 0 Å². The van der Waals surface area contributed by atoms with Gasteiger partial charge in [-0.2, -0.15) is 0 Å². The summed E-state index contributed by atoms with van der Waals surface area (Å²) < 4.78 is 0. The molecular weight excluding hydrogens is 359 g/mol. The molecule has 0 saturated carbocycles. The van der Waals surface area contributed by atoms with Crippen LogP contribution < -0.4 is 0 Å². The van der Waals surface area contributed by atoms with Crippen molar-refractivity contribution in [2.24, 2.45) is 5.92 Å². The Kier molecular flexibility index (Phi) is 12.8. The second-order valence-corrected chi connectivity index (χ2v) is 3.32. The van der Waals surface area contributed by atoms with E-state index in [0.29, 0.717) is 0 Å². The first-order chi connectivity index (χ1) is 5.72. The molecule has 0 radical (unpaired) electrons. The van der Waals surface area contributed by atoms with Crippen LogP contribution in [0.1, 0.15) is 52.4 Å². The topological polar surface area (TPSA) is 37.3 Å². The summed E-state index contributed by atoms with van der Waals surface area (Å²) in [6.07, 6.45) is 6.05. The Morgan fingerprint density at radius 3 is 2.15 bits per heavy atom. The first kappa shape index (κ1) is 15.8. The average molecular weight is 383 g/mol. The van der Waals surface area contributed by atoms with Gasteiger partial charge in [0.05, 0.1) is 5.92 Å². The Balaban J connectivity index is 0. The van der Waals surface area contributed by atoms with E-state index < -0.39 is 5.97 Å². The molecule has 0 fully saturated rings. The zero-order valence-corrected chi connectivity index (χ0v) is 8.18. The molecule has 2 nitrogen and oxygen atoms in total. The second-order valence-electron chi connectivity index (χ2n) is 3.32. The number of hydrogen-bond acceptors (Lipinski definition) is 1. The van der Waals surface area contributed by atoms with Crippen LogP contribution in [0.15, 0.2) is 0 Å². The molecule has 0 aromatic rings. The van der Waals surface area contributed by atoms with Crippen LogP contribution in [0.4, 0.5) is 0 Å². The standard InChI is InChI=1S/C10H20O2.Pb.4H/c1-3-5-6-8-9(7-4-2)10(11)12;;;;;/h9H,3-8H2,1-2H3,(H,11,12);;;;;. The molecule has 0 aliphatic carbocycles. The molecule has 1 unspecified atom stereocenters. The Morgan fingerprint density at radius 2 is 1.77 bits per heavy atom. The van der Waals surface area contributed by atoms with E-state index in [1.807, 2.05) is 6.92 Å². The number of carboxylic acids is 1. The van der Waals surface area contributed by atoms with Crippen LogP contribution in [-0.2, 0) is 4.79 Å². The van der Waals surface area contributed by atoms with Crippen LogP contribution in [0.5, 0.6) is 0 Å². The molecule has 0 amide bonds. The van der Waals surface area contributed by atoms with Gasteiger partial charge >= 0.3 is 33.3 Å². The number of carbonyl (C=O) groups is 1. The first-order valence-corrected chi connectivity index (χ1v) is 4.95. The number of aliphatic carboxylic acids is 1. The van der Waals surface area contributed by atoms with Crippen molar-refractivity contribution in [2.45, 2.75) is 52.4 Å². The molecule has 13 heavy (non-hydrogen) atoms. The molecule has 0 aromatic carbocycles. The predicted molar refractivity (Wildman–Crippen MR) is 61.5 cm³/mol. The number of carboxylic acid groups (broad SMARTS) is 1. The zero-order chi connectivity index (χ0) is 9.40. The minimum atomic E-state index is -0.618. The summed E-state index contributed by atoms with van der Waals surface area (Å²) >= 11 is 0. The summed E-state index contributed by atoms with van der Waals surface area (Å²) in [5.74, 6) is -0.713. The van der Waals surface area contributed by atoms with Crippen LogP contribution >= 0.6 is 0 Å². The van der Waals surface area contributed by atoms with E-state index in [1.165, 1.54) is 6.42 Å². The summed E-state index contributed by atoms with van der Waals surface area (Å²) in [4.78, 5) is 10.7. The van der Waals surface area contributed by atoms with Gasteiger partial charge in [-0.1, -0.05) is 39.5 Å². The van der Waals surface area contributed by atoms with Gasteiger partial charge in [-0.05, 0) is 12.8 Å². The third-order valence-electron chi connectivity index (χ3n) is 2.14. The second kappa shape index (κ2) is 10.5. The van der Waals surface area contributed by atoms with E-state index in [0.717, 1.165) is 32.1 Å². The zero-order valence-electron chi connectivity index (χ0n) is 8.18. The number of hydrogen-bond donors (Lipinski definition) is 1. The maximum atomic E-state index is 10.7. The third kappa shape index (κ3) is 8.71. The Morgan fingerprint density at radius 1 is 1.15 bits per heavy atom. The molecule has 0 spiro atoms. The predicted octanol–water partition coefficient (Wildman–Crippen LogP) is 1.62. The van der Waals surface area contributed by atoms with E-state index in [1.54, 1.807) is 0 Å². The van der Waals surface area contributed by atoms with Gasteiger partial charge in [0.15, 0.2) is 0 Å². The van der Waals surface area contributed by atoms with Crippen LogP contribution in [0.25, 0.3) is 0 Å². The van der Waals surface area contributed by atoms with E-state index >= 15 is 0 Å². The molecule has 3 heteroatoms. The molecule has 1 atom stereocenters. The summed E-state index contributed by atoms with van der Waals surface area (Å²) in [5, 5.41) is 8.80. The van der Waals surface area contributed by atoms with Crippen LogP contribution in [0.3, 0.4) is 0 Å². The Labute approximate surface area is 101 Å². The molecule has 0 aliphatic rings. The normalized spacial score (nSPS) is 11.8. The monoisotopic (exact) mass is 384 g/mol. The first-order valence-electron chi connectivity index (χ1n) is 4.95. The van der Waals surface area contributed by atoms with Crippen molar-refractivity contribution in [2.75, 3.05) is 0 Å². The Bertz CT molecular complexity index is 126. The van der Waals surface area contributed by atoms with Gasteiger partial charge in [0.1, 0.15) is 0 Å². The fourth-order valence-electron chi connectivity index (χ4n) is 1.38. The van der Waals surface area contributed by atoms with Crippen LogP contribution in [0.2, 0.25) is 0 Å². The third-order valence-corrected chi connectivity index (χ3v) is 2.14. The van der Waals surface area contributed by atoms with Crippen molar-refractivity contribution in [1.29, 1.82) is 0 Å². The van der Waals surface area contributed by atoms with Gasteiger partial charge in [0, 0.05) is 0 Å². The number of unbranched alkanes of at least 4 members (excludes halogenated alkanes) is 2. The maximum absolute atomic E-state index is 10.7. The van der Waals surface area contributed by atoms with E-state index in [4.69, 9.17) is 5.11 Å². The van der Waals surface area contributed by atoms with Crippen molar-refractivity contribution in [3.8, 4) is 0 Å². The summed E-state index contributed by atoms with van der Waals surface area (Å²) in [6.45, 7) is 4.17. The molecule has 80 valence electrons. The van der Waals surface area contributed by atoms with Gasteiger partial charge < -0.3 is 5.11 Å². The molecule has 0 aliphatic heterocycles. The van der Waals surface area contributed by atoms with Crippen molar-refractivity contribution in [3.05, 3.63) is 0 Å². The minimum absolute atomic E-state index is 0. The summed E-state index contributed by atoms with van der Waals surface area (Å²) in [6, 6.07) is 0. The number of rotatable bonds is 7. The molecule has 0 aromatic heterocycles. The molecule has 0 bridgehead atoms. The van der Waals surface area contributed by atoms with E-state index in [9.17, 15) is 4.79 Å². The fraction of sp³-hybridized carbons (Fsp3) is 0.900. The van der Waals surface area contributed by atoms with Gasteiger partial charge in [-0.25, -0.2) is 0 Å². The molecular formula is C10H24O2Pb. The summed E-state index contributed by atoms with van der Waals surface area (Å²) in [7, 11) is 0. The van der Waals surface area contributed by atoms with Crippen LogP contribution in [-0.4, -0.2) is 38.4 Å². The summed E-state index contributed by atoms with van der Waals surface area (Å²) in [5.41, 5.74) is 0. The molecule has 0 saturated heterocycles. The fourth-order valence-corrected chi connectivity index (χ4v) is 1.38. The average Bonchev–Trinajstić information content (AvgIpc) is 2.03. The van der Waals surface area contributed by atoms with Crippen molar-refractivity contribution >= 4 is 33.3 Å². The quantitative estimate of drug-likeness (QED) is 0.536. The van der Waals surface area contributed by atoms with Crippen molar-refractivity contribution in [3.63, 3.8) is 0 Å². The molecule has 1 N–H and O–H groups in total. The van der Waals surface area contributed by atoms with Gasteiger partial charge in [-0.3, -0.25) is 4.79 Å².